The standard InChI is InChI=1S/C12H24N2O2/c1-3-4-9-13-11(15)14(2)10-12(16)7-5-6-8-12/h16H,3-10H2,1-2H3,(H,13,15). The van der Waals surface area contributed by atoms with Gasteiger partial charge in [-0.3, -0.25) is 0 Å². The van der Waals surface area contributed by atoms with E-state index in [-0.39, 0.29) is 6.03 Å². The van der Waals surface area contributed by atoms with Crippen molar-refractivity contribution < 1.29 is 9.90 Å². The highest BCUT2D eigenvalue weighted by Gasteiger charge is 2.33. The van der Waals surface area contributed by atoms with Crippen molar-refractivity contribution in [2.75, 3.05) is 20.1 Å². The van der Waals surface area contributed by atoms with E-state index in [4.69, 9.17) is 0 Å². The molecule has 0 unspecified atom stereocenters. The molecule has 0 saturated heterocycles. The maximum Gasteiger partial charge on any atom is 0.317 e. The van der Waals surface area contributed by atoms with Crippen LogP contribution >= 0.6 is 0 Å². The lowest BCUT2D eigenvalue weighted by Crippen LogP contribution is -2.46. The van der Waals surface area contributed by atoms with Crippen LogP contribution in [0.3, 0.4) is 0 Å². The summed E-state index contributed by atoms with van der Waals surface area (Å²) in [5, 5.41) is 13.0. The van der Waals surface area contributed by atoms with E-state index in [0.717, 1.165) is 45.1 Å². The first-order chi connectivity index (χ1) is 7.57. The fourth-order valence-corrected chi connectivity index (χ4v) is 2.21. The molecule has 16 heavy (non-hydrogen) atoms. The Morgan fingerprint density at radius 1 is 1.44 bits per heavy atom. The molecule has 1 aliphatic rings. The number of hydrogen-bond donors (Lipinski definition) is 2. The Kier molecular flexibility index (Phi) is 5.06. The monoisotopic (exact) mass is 228 g/mol. The van der Waals surface area contributed by atoms with Crippen LogP contribution in [-0.4, -0.2) is 41.8 Å². The number of nitrogens with one attached hydrogen (secondary N) is 1. The molecule has 94 valence electrons. The summed E-state index contributed by atoms with van der Waals surface area (Å²) in [6, 6.07) is -0.0752. The zero-order chi connectivity index (χ0) is 12.0. The number of urea groups is 1. The molecule has 0 aromatic rings. The summed E-state index contributed by atoms with van der Waals surface area (Å²) in [7, 11) is 1.75. The molecular weight excluding hydrogens is 204 g/mol. The van der Waals surface area contributed by atoms with Crippen LogP contribution in [-0.2, 0) is 0 Å². The Bertz CT molecular complexity index is 225. The minimum atomic E-state index is -0.642. The number of nitrogens with zero attached hydrogens (tertiary/aromatic N) is 1. The highest BCUT2D eigenvalue weighted by Crippen LogP contribution is 2.29. The van der Waals surface area contributed by atoms with E-state index in [1.807, 2.05) is 0 Å². The lowest BCUT2D eigenvalue weighted by atomic mass is 10.0. The average molecular weight is 228 g/mol. The Labute approximate surface area is 98.0 Å². The normalized spacial score (nSPS) is 18.4. The average Bonchev–Trinajstić information content (AvgIpc) is 2.65. The summed E-state index contributed by atoms with van der Waals surface area (Å²) in [4.78, 5) is 13.2. The van der Waals surface area contributed by atoms with E-state index in [2.05, 4.69) is 12.2 Å². The minimum absolute atomic E-state index is 0.0752. The molecule has 1 fully saturated rings. The number of unbranched alkanes of at least 4 members (excludes halogenated alkanes) is 1. The van der Waals surface area contributed by atoms with Crippen molar-refractivity contribution in [3.63, 3.8) is 0 Å². The molecule has 4 nitrogen and oxygen atoms in total. The maximum absolute atomic E-state index is 11.7. The SMILES string of the molecule is CCCCNC(=O)N(C)CC1(O)CCCC1. The molecule has 2 amide bonds. The third kappa shape index (κ3) is 4.00. The number of carbonyl (C=O) groups is 1. The summed E-state index contributed by atoms with van der Waals surface area (Å²) >= 11 is 0. The second kappa shape index (κ2) is 6.09. The largest absolute Gasteiger partial charge is 0.388 e. The van der Waals surface area contributed by atoms with Gasteiger partial charge in [0.15, 0.2) is 0 Å². The van der Waals surface area contributed by atoms with Gasteiger partial charge in [0.25, 0.3) is 0 Å². The molecule has 0 heterocycles. The van der Waals surface area contributed by atoms with Crippen LogP contribution in [0.5, 0.6) is 0 Å². The summed E-state index contributed by atoms with van der Waals surface area (Å²) < 4.78 is 0. The molecule has 0 aromatic heterocycles. The van der Waals surface area contributed by atoms with Crippen LogP contribution in [0.15, 0.2) is 0 Å². The molecule has 0 aliphatic heterocycles. The first-order valence-corrected chi connectivity index (χ1v) is 6.29. The van der Waals surface area contributed by atoms with Gasteiger partial charge in [-0.25, -0.2) is 4.79 Å². The van der Waals surface area contributed by atoms with Crippen molar-refractivity contribution in [3.05, 3.63) is 0 Å². The first-order valence-electron chi connectivity index (χ1n) is 6.29. The Hall–Kier alpha value is -0.770. The van der Waals surface area contributed by atoms with E-state index >= 15 is 0 Å². The van der Waals surface area contributed by atoms with Crippen LogP contribution in [0.4, 0.5) is 4.79 Å². The molecule has 1 aliphatic carbocycles. The van der Waals surface area contributed by atoms with Crippen molar-refractivity contribution in [1.29, 1.82) is 0 Å². The predicted molar refractivity (Wildman–Crippen MR) is 64.4 cm³/mol. The van der Waals surface area contributed by atoms with Crippen molar-refractivity contribution in [2.24, 2.45) is 0 Å². The summed E-state index contributed by atoms with van der Waals surface area (Å²) in [6.07, 6.45) is 5.86. The topological polar surface area (TPSA) is 52.6 Å². The smallest absolute Gasteiger partial charge is 0.317 e. The van der Waals surface area contributed by atoms with Gasteiger partial charge in [-0.2, -0.15) is 0 Å². The van der Waals surface area contributed by atoms with Gasteiger partial charge in [0.1, 0.15) is 0 Å². The molecule has 0 bridgehead atoms. The molecular formula is C12H24N2O2. The van der Waals surface area contributed by atoms with Gasteiger partial charge in [0.05, 0.1) is 12.1 Å². The van der Waals surface area contributed by atoms with Gasteiger partial charge in [-0.15, -0.1) is 0 Å². The second-order valence-corrected chi connectivity index (χ2v) is 4.87. The van der Waals surface area contributed by atoms with Crippen molar-refractivity contribution in [2.45, 2.75) is 51.0 Å². The van der Waals surface area contributed by atoms with Gasteiger partial charge in [-0.05, 0) is 19.3 Å². The van der Waals surface area contributed by atoms with Gasteiger partial charge in [-0.1, -0.05) is 26.2 Å². The lowest BCUT2D eigenvalue weighted by Gasteiger charge is -2.28. The summed E-state index contributed by atoms with van der Waals surface area (Å²) in [6.45, 7) is 3.26. The summed E-state index contributed by atoms with van der Waals surface area (Å²) in [5.74, 6) is 0. The molecule has 0 aromatic carbocycles. The molecule has 0 radical (unpaired) electrons. The van der Waals surface area contributed by atoms with Gasteiger partial charge in [0, 0.05) is 13.6 Å². The number of carbonyl (C=O) groups excluding carboxylic acids is 1. The molecule has 1 saturated carbocycles. The molecule has 0 spiro atoms. The molecule has 0 atom stereocenters. The van der Waals surface area contributed by atoms with E-state index < -0.39 is 5.60 Å². The fourth-order valence-electron chi connectivity index (χ4n) is 2.21. The Balaban J connectivity index is 2.27. The molecule has 4 heteroatoms. The van der Waals surface area contributed by atoms with Crippen molar-refractivity contribution in [3.8, 4) is 0 Å². The molecule has 1 rings (SSSR count). The number of aliphatic hydroxyl groups is 1. The third-order valence-corrected chi connectivity index (χ3v) is 3.22. The highest BCUT2D eigenvalue weighted by molar-refractivity contribution is 5.73. The zero-order valence-electron chi connectivity index (χ0n) is 10.5. The van der Waals surface area contributed by atoms with Crippen LogP contribution in [0, 0.1) is 0 Å². The Morgan fingerprint density at radius 2 is 2.06 bits per heavy atom. The fraction of sp³-hybridized carbons (Fsp3) is 0.917. The number of amides is 2. The molecule has 2 N–H and O–H groups in total. The number of likely N-dealkylation sites (N-methyl/N-ethyl adjacent to an activating group) is 1. The van der Waals surface area contributed by atoms with E-state index in [1.165, 1.54) is 0 Å². The third-order valence-electron chi connectivity index (χ3n) is 3.22. The van der Waals surface area contributed by atoms with Crippen LogP contribution < -0.4 is 5.32 Å². The van der Waals surface area contributed by atoms with Crippen LogP contribution in [0.1, 0.15) is 45.4 Å². The van der Waals surface area contributed by atoms with E-state index in [9.17, 15) is 9.90 Å². The van der Waals surface area contributed by atoms with Gasteiger partial charge >= 0.3 is 6.03 Å². The lowest BCUT2D eigenvalue weighted by molar-refractivity contribution is 0.0247. The summed E-state index contributed by atoms with van der Waals surface area (Å²) in [5.41, 5.74) is -0.642. The van der Waals surface area contributed by atoms with E-state index in [1.54, 1.807) is 11.9 Å². The first kappa shape index (κ1) is 13.3. The van der Waals surface area contributed by atoms with E-state index in [0.29, 0.717) is 6.54 Å². The minimum Gasteiger partial charge on any atom is -0.388 e. The van der Waals surface area contributed by atoms with Crippen LogP contribution in [0.2, 0.25) is 0 Å². The van der Waals surface area contributed by atoms with Gasteiger partial charge in [0.2, 0.25) is 0 Å². The highest BCUT2D eigenvalue weighted by atomic mass is 16.3. The predicted octanol–water partition coefficient (Wildman–Crippen LogP) is 1.73. The maximum atomic E-state index is 11.7. The number of rotatable bonds is 5. The van der Waals surface area contributed by atoms with Crippen LogP contribution in [0.25, 0.3) is 0 Å². The quantitative estimate of drug-likeness (QED) is 0.704. The zero-order valence-corrected chi connectivity index (χ0v) is 10.5. The van der Waals surface area contributed by atoms with Crippen molar-refractivity contribution in [1.82, 2.24) is 10.2 Å². The van der Waals surface area contributed by atoms with Gasteiger partial charge < -0.3 is 15.3 Å². The Morgan fingerprint density at radius 3 is 2.62 bits per heavy atom. The number of hydrogen-bond acceptors (Lipinski definition) is 2. The second-order valence-electron chi connectivity index (χ2n) is 4.87. The van der Waals surface area contributed by atoms with Crippen molar-refractivity contribution >= 4 is 6.03 Å².